The number of hydrogen-bond acceptors (Lipinski definition) is 4. The number of anilines is 1. The third kappa shape index (κ3) is 4.04. The number of halogens is 1. The Hall–Kier alpha value is -1.33. The molecule has 1 aromatic rings. The van der Waals surface area contributed by atoms with Crippen molar-refractivity contribution in [3.05, 3.63) is 24.0 Å². The van der Waals surface area contributed by atoms with Crippen LogP contribution in [0, 0.1) is 5.82 Å². The zero-order chi connectivity index (χ0) is 12.0. The van der Waals surface area contributed by atoms with Crippen LogP contribution in [-0.4, -0.2) is 33.5 Å². The molecule has 0 bridgehead atoms. The average Bonchev–Trinajstić information content (AvgIpc) is 2.16. The summed E-state index contributed by atoms with van der Waals surface area (Å²) in [4.78, 5) is 0. The van der Waals surface area contributed by atoms with Gasteiger partial charge in [0.2, 0.25) is 0 Å². The first-order chi connectivity index (χ1) is 7.65. The highest BCUT2D eigenvalue weighted by atomic mass is 19.1. The summed E-state index contributed by atoms with van der Waals surface area (Å²) < 4.78 is 28.4. The van der Waals surface area contributed by atoms with Gasteiger partial charge in [0, 0.05) is 32.0 Å². The molecule has 4 nitrogen and oxygen atoms in total. The minimum atomic E-state index is -0.427. The second-order valence-corrected chi connectivity index (χ2v) is 3.37. The van der Waals surface area contributed by atoms with E-state index in [-0.39, 0.29) is 6.10 Å². The maximum absolute atomic E-state index is 13.0. The van der Waals surface area contributed by atoms with E-state index in [1.165, 1.54) is 12.1 Å². The molecule has 16 heavy (non-hydrogen) atoms. The topological polar surface area (TPSA) is 53.7 Å². The van der Waals surface area contributed by atoms with Crippen LogP contribution in [0.3, 0.4) is 0 Å². The highest BCUT2D eigenvalue weighted by molar-refractivity contribution is 5.44. The van der Waals surface area contributed by atoms with Crippen molar-refractivity contribution in [1.29, 1.82) is 0 Å². The monoisotopic (exact) mass is 229 g/mol. The van der Waals surface area contributed by atoms with E-state index >= 15 is 0 Å². The van der Waals surface area contributed by atoms with Gasteiger partial charge >= 0.3 is 0 Å². The van der Waals surface area contributed by atoms with Crippen LogP contribution in [0.1, 0.15) is 0 Å². The van der Waals surface area contributed by atoms with Crippen molar-refractivity contribution < 1.29 is 18.6 Å². The first-order valence-corrected chi connectivity index (χ1v) is 4.86. The SMILES string of the molecule is COCC(COC)Oc1cc(N)cc(F)c1. The predicted molar refractivity (Wildman–Crippen MR) is 59.0 cm³/mol. The number of benzene rings is 1. The maximum atomic E-state index is 13.0. The lowest BCUT2D eigenvalue weighted by Crippen LogP contribution is -2.27. The average molecular weight is 229 g/mol. The second-order valence-electron chi connectivity index (χ2n) is 3.37. The summed E-state index contributed by atoms with van der Waals surface area (Å²) in [6, 6.07) is 4.06. The van der Waals surface area contributed by atoms with Crippen molar-refractivity contribution in [1.82, 2.24) is 0 Å². The van der Waals surface area contributed by atoms with Gasteiger partial charge in [-0.15, -0.1) is 0 Å². The maximum Gasteiger partial charge on any atom is 0.145 e. The quantitative estimate of drug-likeness (QED) is 0.750. The summed E-state index contributed by atoms with van der Waals surface area (Å²) >= 11 is 0. The van der Waals surface area contributed by atoms with Gasteiger partial charge in [0.1, 0.15) is 17.7 Å². The third-order valence-corrected chi connectivity index (χ3v) is 1.90. The number of nitrogen functional groups attached to an aromatic ring is 1. The van der Waals surface area contributed by atoms with E-state index in [0.717, 1.165) is 0 Å². The van der Waals surface area contributed by atoms with Gasteiger partial charge in [-0.3, -0.25) is 0 Å². The molecule has 0 radical (unpaired) electrons. The molecule has 0 spiro atoms. The number of nitrogens with two attached hydrogens (primary N) is 1. The minimum Gasteiger partial charge on any atom is -0.485 e. The molecule has 90 valence electrons. The lowest BCUT2D eigenvalue weighted by molar-refractivity contribution is 0.0244. The van der Waals surface area contributed by atoms with Gasteiger partial charge in [-0.2, -0.15) is 0 Å². The smallest absolute Gasteiger partial charge is 0.145 e. The Balaban J connectivity index is 2.68. The van der Waals surface area contributed by atoms with Crippen molar-refractivity contribution in [2.75, 3.05) is 33.2 Å². The van der Waals surface area contributed by atoms with E-state index in [1.54, 1.807) is 20.3 Å². The molecule has 0 aromatic heterocycles. The number of ether oxygens (including phenoxy) is 3. The highest BCUT2D eigenvalue weighted by Gasteiger charge is 2.11. The van der Waals surface area contributed by atoms with Crippen LogP contribution in [0.2, 0.25) is 0 Å². The summed E-state index contributed by atoms with van der Waals surface area (Å²) in [6.07, 6.45) is -0.281. The molecule has 1 aromatic carbocycles. The molecule has 0 atom stereocenters. The van der Waals surface area contributed by atoms with Gasteiger partial charge in [-0.25, -0.2) is 4.39 Å². The predicted octanol–water partition coefficient (Wildman–Crippen LogP) is 1.45. The normalized spacial score (nSPS) is 10.8. The van der Waals surface area contributed by atoms with E-state index < -0.39 is 5.82 Å². The van der Waals surface area contributed by atoms with Crippen LogP contribution in [-0.2, 0) is 9.47 Å². The van der Waals surface area contributed by atoms with Crippen LogP contribution < -0.4 is 10.5 Å². The summed E-state index contributed by atoms with van der Waals surface area (Å²) in [5.74, 6) is -0.0554. The fourth-order valence-corrected chi connectivity index (χ4v) is 1.33. The van der Waals surface area contributed by atoms with E-state index in [9.17, 15) is 4.39 Å². The van der Waals surface area contributed by atoms with E-state index in [4.69, 9.17) is 19.9 Å². The van der Waals surface area contributed by atoms with Gasteiger partial charge in [0.05, 0.1) is 13.2 Å². The molecule has 0 unspecified atom stereocenters. The van der Waals surface area contributed by atoms with Crippen molar-refractivity contribution in [2.45, 2.75) is 6.10 Å². The Morgan fingerprint density at radius 3 is 2.31 bits per heavy atom. The fourth-order valence-electron chi connectivity index (χ4n) is 1.33. The molecule has 5 heteroatoms. The molecule has 0 aliphatic rings. The molecule has 0 aliphatic carbocycles. The molecule has 0 fully saturated rings. The van der Waals surface area contributed by atoms with Crippen molar-refractivity contribution >= 4 is 5.69 Å². The lowest BCUT2D eigenvalue weighted by atomic mass is 10.3. The first kappa shape index (κ1) is 12.7. The lowest BCUT2D eigenvalue weighted by Gasteiger charge is -2.17. The van der Waals surface area contributed by atoms with E-state index in [2.05, 4.69) is 0 Å². The van der Waals surface area contributed by atoms with E-state index in [1.807, 2.05) is 0 Å². The summed E-state index contributed by atoms with van der Waals surface area (Å²) in [7, 11) is 3.12. The summed E-state index contributed by atoms with van der Waals surface area (Å²) in [6.45, 7) is 0.731. The van der Waals surface area contributed by atoms with Crippen LogP contribution in [0.15, 0.2) is 18.2 Å². The van der Waals surface area contributed by atoms with Crippen LogP contribution >= 0.6 is 0 Å². The molecule has 0 saturated heterocycles. The van der Waals surface area contributed by atoms with Gasteiger partial charge in [0.15, 0.2) is 0 Å². The van der Waals surface area contributed by atoms with Crippen LogP contribution in [0.25, 0.3) is 0 Å². The molecule has 0 heterocycles. The number of rotatable bonds is 6. The standard InChI is InChI=1S/C11H16FNO3/c1-14-6-11(7-15-2)16-10-4-8(12)3-9(13)5-10/h3-5,11H,6-7,13H2,1-2H3. The van der Waals surface area contributed by atoms with Gasteiger partial charge in [-0.05, 0) is 6.07 Å². The largest absolute Gasteiger partial charge is 0.485 e. The molecule has 2 N–H and O–H groups in total. The zero-order valence-electron chi connectivity index (χ0n) is 9.40. The Bertz CT molecular complexity index is 307. The third-order valence-electron chi connectivity index (χ3n) is 1.90. The number of methoxy groups -OCH3 is 2. The summed E-state index contributed by atoms with van der Waals surface area (Å²) in [5.41, 5.74) is 5.82. The van der Waals surface area contributed by atoms with Crippen molar-refractivity contribution in [3.63, 3.8) is 0 Å². The van der Waals surface area contributed by atoms with Gasteiger partial charge in [0.25, 0.3) is 0 Å². The molecular formula is C11H16FNO3. The number of hydrogen-bond donors (Lipinski definition) is 1. The molecule has 1 rings (SSSR count). The Morgan fingerprint density at radius 2 is 1.81 bits per heavy atom. The zero-order valence-corrected chi connectivity index (χ0v) is 9.40. The highest BCUT2D eigenvalue weighted by Crippen LogP contribution is 2.19. The second kappa shape index (κ2) is 6.30. The van der Waals surface area contributed by atoms with Crippen molar-refractivity contribution in [3.8, 4) is 5.75 Å². The fraction of sp³-hybridized carbons (Fsp3) is 0.455. The molecule has 0 amide bonds. The minimum absolute atomic E-state index is 0.281. The van der Waals surface area contributed by atoms with Crippen LogP contribution in [0.4, 0.5) is 10.1 Å². The first-order valence-electron chi connectivity index (χ1n) is 4.86. The van der Waals surface area contributed by atoms with Gasteiger partial charge < -0.3 is 19.9 Å². The molecule has 0 aliphatic heterocycles. The molecule has 0 saturated carbocycles. The Morgan fingerprint density at radius 1 is 1.19 bits per heavy atom. The van der Waals surface area contributed by atoms with E-state index in [0.29, 0.717) is 24.7 Å². The molecular weight excluding hydrogens is 213 g/mol. The summed E-state index contributed by atoms with van der Waals surface area (Å²) in [5, 5.41) is 0. The van der Waals surface area contributed by atoms with Crippen molar-refractivity contribution in [2.24, 2.45) is 0 Å². The van der Waals surface area contributed by atoms with Crippen LogP contribution in [0.5, 0.6) is 5.75 Å². The van der Waals surface area contributed by atoms with Gasteiger partial charge in [-0.1, -0.05) is 0 Å². The Kier molecular flexibility index (Phi) is 5.01. The Labute approximate surface area is 94.1 Å².